The molecule has 0 saturated heterocycles. The minimum atomic E-state index is -3.53. The molecular formula is C18H17ClN2O2S2. The largest absolute Gasteiger partial charge is 0.396 e. The highest BCUT2D eigenvalue weighted by molar-refractivity contribution is 7.93. The third-order valence-corrected chi connectivity index (χ3v) is 8.19. The van der Waals surface area contributed by atoms with Gasteiger partial charge < -0.3 is 5.73 Å². The Bertz CT molecular complexity index is 1060. The molecule has 7 heteroatoms. The summed E-state index contributed by atoms with van der Waals surface area (Å²) in [6.07, 6.45) is 4.22. The van der Waals surface area contributed by atoms with E-state index in [1.165, 1.54) is 16.9 Å². The van der Waals surface area contributed by atoms with Gasteiger partial charge in [-0.25, -0.2) is 13.4 Å². The number of fused-ring (bicyclic) bond motifs is 2. The zero-order chi connectivity index (χ0) is 17.6. The van der Waals surface area contributed by atoms with E-state index in [4.69, 9.17) is 17.3 Å². The quantitative estimate of drug-likeness (QED) is 0.717. The van der Waals surface area contributed by atoms with Crippen molar-refractivity contribution in [2.24, 2.45) is 0 Å². The monoisotopic (exact) mass is 392 g/mol. The summed E-state index contributed by atoms with van der Waals surface area (Å²) in [6, 6.07) is 8.86. The first-order chi connectivity index (χ1) is 11.9. The van der Waals surface area contributed by atoms with Crippen LogP contribution >= 0.6 is 22.9 Å². The van der Waals surface area contributed by atoms with Crippen molar-refractivity contribution in [3.8, 4) is 0 Å². The molecule has 4 rings (SSSR count). The Morgan fingerprint density at radius 3 is 2.64 bits per heavy atom. The summed E-state index contributed by atoms with van der Waals surface area (Å²) in [5, 5.41) is 1.35. The van der Waals surface area contributed by atoms with E-state index in [-0.39, 0.29) is 9.96 Å². The van der Waals surface area contributed by atoms with Gasteiger partial charge in [-0.3, -0.25) is 0 Å². The third kappa shape index (κ3) is 3.14. The number of nitrogens with two attached hydrogens (primary N) is 1. The maximum absolute atomic E-state index is 12.9. The zero-order valence-corrected chi connectivity index (χ0v) is 15.8. The highest BCUT2D eigenvalue weighted by Crippen LogP contribution is 2.39. The lowest BCUT2D eigenvalue weighted by molar-refractivity contribution is 0.597. The van der Waals surface area contributed by atoms with Gasteiger partial charge in [0.25, 0.3) is 0 Å². The number of halogens is 1. The van der Waals surface area contributed by atoms with Crippen LogP contribution in [-0.2, 0) is 28.4 Å². The first-order valence-corrected chi connectivity index (χ1v) is 11.0. The molecule has 0 radical (unpaired) electrons. The Morgan fingerprint density at radius 1 is 1.16 bits per heavy atom. The lowest BCUT2D eigenvalue weighted by Gasteiger charge is -2.14. The molecule has 1 aliphatic carbocycles. The standard InChI is InChI=1S/C18H17ClN2O2S2/c19-13-7-5-11(6-8-13)10-25(22,23)18-16(20)14-9-12-3-1-2-4-15(12)21-17(14)24-18/h5-9H,1-4,10,20H2. The fourth-order valence-electron chi connectivity index (χ4n) is 3.23. The predicted molar refractivity (Wildman–Crippen MR) is 103 cm³/mol. The molecular weight excluding hydrogens is 376 g/mol. The molecule has 2 heterocycles. The number of sulfone groups is 1. The second-order valence-electron chi connectivity index (χ2n) is 6.34. The number of hydrogen-bond donors (Lipinski definition) is 1. The number of aromatic nitrogens is 1. The molecule has 0 saturated carbocycles. The molecule has 2 aromatic heterocycles. The Morgan fingerprint density at radius 2 is 1.88 bits per heavy atom. The number of nitrogen functional groups attached to an aromatic ring is 1. The van der Waals surface area contributed by atoms with Crippen LogP contribution in [0.5, 0.6) is 0 Å². The molecule has 3 aromatic rings. The summed E-state index contributed by atoms with van der Waals surface area (Å²) in [4.78, 5) is 5.40. The zero-order valence-electron chi connectivity index (χ0n) is 13.5. The summed E-state index contributed by atoms with van der Waals surface area (Å²) in [5.41, 5.74) is 9.51. The van der Waals surface area contributed by atoms with E-state index in [0.29, 0.717) is 21.1 Å². The molecule has 1 aliphatic rings. The molecule has 0 unspecified atom stereocenters. The van der Waals surface area contributed by atoms with Gasteiger partial charge >= 0.3 is 0 Å². The van der Waals surface area contributed by atoms with Crippen LogP contribution in [0.4, 0.5) is 5.69 Å². The summed E-state index contributed by atoms with van der Waals surface area (Å²) in [7, 11) is -3.53. The molecule has 0 aliphatic heterocycles. The van der Waals surface area contributed by atoms with Crippen LogP contribution in [-0.4, -0.2) is 13.4 Å². The van der Waals surface area contributed by atoms with Crippen LogP contribution < -0.4 is 5.73 Å². The van der Waals surface area contributed by atoms with Crippen LogP contribution in [0, 0.1) is 0 Å². The summed E-state index contributed by atoms with van der Waals surface area (Å²) in [5.74, 6) is -0.0963. The molecule has 0 amide bonds. The fourth-order valence-corrected chi connectivity index (χ4v) is 6.32. The van der Waals surface area contributed by atoms with Crippen molar-refractivity contribution < 1.29 is 8.42 Å². The van der Waals surface area contributed by atoms with Crippen LogP contribution in [0.25, 0.3) is 10.2 Å². The molecule has 1 aromatic carbocycles. The van der Waals surface area contributed by atoms with Gasteiger partial charge in [-0.05, 0) is 55.0 Å². The second kappa shape index (κ2) is 6.27. The van der Waals surface area contributed by atoms with Gasteiger partial charge in [0, 0.05) is 16.1 Å². The topological polar surface area (TPSA) is 73.1 Å². The van der Waals surface area contributed by atoms with E-state index >= 15 is 0 Å². The minimum Gasteiger partial charge on any atom is -0.396 e. The van der Waals surface area contributed by atoms with Crippen LogP contribution in [0.1, 0.15) is 29.7 Å². The average molecular weight is 393 g/mol. The lowest BCUT2D eigenvalue weighted by atomic mass is 9.95. The maximum Gasteiger partial charge on any atom is 0.194 e. The van der Waals surface area contributed by atoms with Gasteiger partial charge in [-0.1, -0.05) is 23.7 Å². The smallest absolute Gasteiger partial charge is 0.194 e. The normalized spacial score (nSPS) is 14.6. The van der Waals surface area contributed by atoms with E-state index < -0.39 is 9.84 Å². The first-order valence-electron chi connectivity index (χ1n) is 8.12. The van der Waals surface area contributed by atoms with Crippen molar-refractivity contribution in [2.45, 2.75) is 35.6 Å². The fraction of sp³-hybridized carbons (Fsp3) is 0.278. The van der Waals surface area contributed by atoms with Crippen molar-refractivity contribution in [1.82, 2.24) is 4.98 Å². The molecule has 0 fully saturated rings. The highest BCUT2D eigenvalue weighted by atomic mass is 35.5. The number of nitrogens with zero attached hydrogens (tertiary/aromatic N) is 1. The van der Waals surface area contributed by atoms with E-state index in [2.05, 4.69) is 4.98 Å². The lowest BCUT2D eigenvalue weighted by Crippen LogP contribution is -2.06. The second-order valence-corrected chi connectivity index (χ2v) is 9.96. The van der Waals surface area contributed by atoms with Crippen molar-refractivity contribution in [3.05, 3.63) is 52.2 Å². The van der Waals surface area contributed by atoms with Crippen LogP contribution in [0.3, 0.4) is 0 Å². The molecule has 25 heavy (non-hydrogen) atoms. The minimum absolute atomic E-state index is 0.0963. The number of rotatable bonds is 3. The predicted octanol–water partition coefficient (Wildman–Crippen LogP) is 4.38. The number of thiophene rings is 1. The maximum atomic E-state index is 12.9. The number of pyridine rings is 1. The number of hydrogen-bond acceptors (Lipinski definition) is 5. The van der Waals surface area contributed by atoms with E-state index in [1.807, 2.05) is 6.07 Å². The molecule has 0 bridgehead atoms. The van der Waals surface area contributed by atoms with Gasteiger partial charge in [0.1, 0.15) is 9.04 Å². The average Bonchev–Trinajstić information content (AvgIpc) is 2.92. The Balaban J connectivity index is 1.77. The molecule has 130 valence electrons. The van der Waals surface area contributed by atoms with Crippen molar-refractivity contribution >= 4 is 48.7 Å². The summed E-state index contributed by atoms with van der Waals surface area (Å²) in [6.45, 7) is 0. The van der Waals surface area contributed by atoms with Gasteiger partial charge in [0.15, 0.2) is 9.84 Å². The van der Waals surface area contributed by atoms with Crippen LogP contribution in [0.15, 0.2) is 34.5 Å². The van der Waals surface area contributed by atoms with Crippen molar-refractivity contribution in [2.75, 3.05) is 5.73 Å². The first kappa shape index (κ1) is 16.8. The highest BCUT2D eigenvalue weighted by Gasteiger charge is 2.25. The third-order valence-electron chi connectivity index (χ3n) is 4.52. The molecule has 2 N–H and O–H groups in total. The van der Waals surface area contributed by atoms with E-state index in [1.54, 1.807) is 24.3 Å². The summed E-state index contributed by atoms with van der Waals surface area (Å²) >= 11 is 7.04. The molecule has 0 atom stereocenters. The van der Waals surface area contributed by atoms with E-state index in [9.17, 15) is 8.42 Å². The summed E-state index contributed by atoms with van der Waals surface area (Å²) < 4.78 is 26.0. The Labute approximate surface area is 155 Å². The SMILES string of the molecule is Nc1c(S(=O)(=O)Cc2ccc(Cl)cc2)sc2nc3c(cc12)CCCC3. The van der Waals surface area contributed by atoms with Gasteiger partial charge in [-0.2, -0.15) is 0 Å². The number of aryl methyl sites for hydroxylation is 2. The van der Waals surface area contributed by atoms with E-state index in [0.717, 1.165) is 36.8 Å². The Hall–Kier alpha value is -1.63. The van der Waals surface area contributed by atoms with Crippen molar-refractivity contribution in [1.29, 1.82) is 0 Å². The molecule has 0 spiro atoms. The van der Waals surface area contributed by atoms with Gasteiger partial charge in [0.2, 0.25) is 0 Å². The Kier molecular flexibility index (Phi) is 4.22. The van der Waals surface area contributed by atoms with Gasteiger partial charge in [0.05, 0.1) is 11.4 Å². The number of anilines is 1. The van der Waals surface area contributed by atoms with Gasteiger partial charge in [-0.15, -0.1) is 11.3 Å². The molecule has 4 nitrogen and oxygen atoms in total. The number of benzene rings is 1. The van der Waals surface area contributed by atoms with Crippen molar-refractivity contribution in [3.63, 3.8) is 0 Å². The van der Waals surface area contributed by atoms with Crippen LogP contribution in [0.2, 0.25) is 5.02 Å².